The van der Waals surface area contributed by atoms with Gasteiger partial charge in [-0.05, 0) is 41.5 Å². The lowest BCUT2D eigenvalue weighted by Crippen LogP contribution is -2.44. The molecule has 0 radical (unpaired) electrons. The van der Waals surface area contributed by atoms with Crippen LogP contribution in [0.4, 0.5) is 15.4 Å². The highest BCUT2D eigenvalue weighted by molar-refractivity contribution is 7.91. The number of nitrogens with one attached hydrogen (secondary N) is 1. The van der Waals surface area contributed by atoms with E-state index in [0.717, 1.165) is 6.26 Å². The molecule has 152 valence electrons. The van der Waals surface area contributed by atoms with E-state index in [-0.39, 0.29) is 16.5 Å². The third-order valence-electron chi connectivity index (χ3n) is 2.83. The van der Waals surface area contributed by atoms with Gasteiger partial charge in [-0.3, -0.25) is 0 Å². The Balaban J connectivity index is 3.60. The summed E-state index contributed by atoms with van der Waals surface area (Å²) in [6, 6.07) is 1.29. The molecule has 1 unspecified atom stereocenters. The Bertz CT molecular complexity index is 794. The van der Waals surface area contributed by atoms with Gasteiger partial charge in [0, 0.05) is 12.3 Å². The maximum Gasteiger partial charge on any atom is 0.425 e. The Kier molecular flexibility index (Phi) is 6.48. The number of carbonyl (C=O) groups excluding carboxylic acids is 2. The van der Waals surface area contributed by atoms with E-state index in [2.05, 4.69) is 4.98 Å². The Morgan fingerprint density at radius 3 is 1.85 bits per heavy atom. The van der Waals surface area contributed by atoms with Crippen molar-refractivity contribution in [1.82, 2.24) is 4.98 Å². The van der Waals surface area contributed by atoms with Crippen molar-refractivity contribution in [3.05, 3.63) is 12.3 Å². The summed E-state index contributed by atoms with van der Waals surface area (Å²) in [5.74, 6) is -0.0781. The first kappa shape index (κ1) is 22.7. The standard InChI is InChI=1S/C17H27N3O6S/c1-16(2,3)25-14(21)20(15(22)26-17(4,5)6)13-12(27(8,18)23)9-11(24-7)10-19-13/h9-10,18H,1-8H3. The zero-order valence-corrected chi connectivity index (χ0v) is 17.7. The van der Waals surface area contributed by atoms with Crippen LogP contribution in [-0.2, 0) is 19.2 Å². The quantitative estimate of drug-likeness (QED) is 0.818. The Morgan fingerprint density at radius 1 is 1.07 bits per heavy atom. The minimum atomic E-state index is -3.37. The van der Waals surface area contributed by atoms with Gasteiger partial charge in [0.2, 0.25) is 0 Å². The molecule has 10 heteroatoms. The third-order valence-corrected chi connectivity index (χ3v) is 3.97. The predicted molar refractivity (Wildman–Crippen MR) is 101 cm³/mol. The lowest BCUT2D eigenvalue weighted by atomic mass is 10.2. The van der Waals surface area contributed by atoms with Crippen LogP contribution >= 0.6 is 0 Å². The second-order valence-corrected chi connectivity index (χ2v) is 9.96. The second-order valence-electron chi connectivity index (χ2n) is 7.84. The van der Waals surface area contributed by atoms with Gasteiger partial charge in [-0.2, -0.15) is 4.90 Å². The molecule has 1 aromatic rings. The van der Waals surface area contributed by atoms with Gasteiger partial charge >= 0.3 is 12.2 Å². The topological polar surface area (TPSA) is 119 Å². The largest absolute Gasteiger partial charge is 0.495 e. The number of aromatic nitrogens is 1. The van der Waals surface area contributed by atoms with Crippen molar-refractivity contribution in [3.63, 3.8) is 0 Å². The molecule has 0 aliphatic heterocycles. The zero-order chi connectivity index (χ0) is 21.2. The molecular weight excluding hydrogens is 374 g/mol. The van der Waals surface area contributed by atoms with Crippen LogP contribution in [0.25, 0.3) is 0 Å². The van der Waals surface area contributed by atoms with Gasteiger partial charge < -0.3 is 14.2 Å². The highest BCUT2D eigenvalue weighted by atomic mass is 32.2. The molecule has 1 atom stereocenters. The van der Waals surface area contributed by atoms with E-state index in [9.17, 15) is 13.8 Å². The van der Waals surface area contributed by atoms with Crippen molar-refractivity contribution in [2.45, 2.75) is 57.6 Å². The SMILES string of the molecule is COc1cnc(N(C(=O)OC(C)(C)C)C(=O)OC(C)(C)C)c(S(C)(=N)=O)c1. The molecule has 0 spiro atoms. The number of carbonyl (C=O) groups is 2. The van der Waals surface area contributed by atoms with E-state index in [1.165, 1.54) is 19.4 Å². The lowest BCUT2D eigenvalue weighted by molar-refractivity contribution is 0.0428. The molecule has 0 aliphatic carbocycles. The molecule has 1 aromatic heterocycles. The summed E-state index contributed by atoms with van der Waals surface area (Å²) in [5, 5.41) is 0. The van der Waals surface area contributed by atoms with E-state index < -0.39 is 33.1 Å². The Morgan fingerprint density at radius 2 is 1.52 bits per heavy atom. The van der Waals surface area contributed by atoms with Crippen molar-refractivity contribution >= 4 is 27.7 Å². The van der Waals surface area contributed by atoms with Gasteiger partial charge in [0.25, 0.3) is 0 Å². The van der Waals surface area contributed by atoms with Gasteiger partial charge in [-0.1, -0.05) is 0 Å². The average Bonchev–Trinajstić information content (AvgIpc) is 2.42. The average molecular weight is 401 g/mol. The second kappa shape index (κ2) is 7.71. The summed E-state index contributed by atoms with van der Waals surface area (Å²) in [6.07, 6.45) is 0.278. The molecule has 0 saturated heterocycles. The van der Waals surface area contributed by atoms with Crippen molar-refractivity contribution in [3.8, 4) is 5.75 Å². The smallest absolute Gasteiger partial charge is 0.425 e. The van der Waals surface area contributed by atoms with E-state index in [1.807, 2.05) is 0 Å². The number of amides is 2. The molecule has 0 aromatic carbocycles. The van der Waals surface area contributed by atoms with Crippen LogP contribution in [0.5, 0.6) is 5.75 Å². The van der Waals surface area contributed by atoms with Crippen LogP contribution in [0.15, 0.2) is 17.2 Å². The number of imide groups is 1. The van der Waals surface area contributed by atoms with Crippen molar-refractivity contribution in [1.29, 1.82) is 4.78 Å². The number of nitrogens with zero attached hydrogens (tertiary/aromatic N) is 2. The number of hydrogen-bond donors (Lipinski definition) is 1. The van der Waals surface area contributed by atoms with Crippen molar-refractivity contribution in [2.75, 3.05) is 18.3 Å². The minimum absolute atomic E-state index is 0.154. The highest BCUT2D eigenvalue weighted by Crippen LogP contribution is 2.29. The van der Waals surface area contributed by atoms with E-state index >= 15 is 0 Å². The molecule has 2 amide bonds. The third kappa shape index (κ3) is 6.70. The molecule has 1 N–H and O–H groups in total. The van der Waals surface area contributed by atoms with Gasteiger partial charge in [-0.15, -0.1) is 0 Å². The fraction of sp³-hybridized carbons (Fsp3) is 0.588. The fourth-order valence-corrected chi connectivity index (χ4v) is 2.68. The lowest BCUT2D eigenvalue weighted by Gasteiger charge is -2.29. The maximum atomic E-state index is 12.7. The Hall–Kier alpha value is -2.36. The first-order chi connectivity index (χ1) is 12.0. The van der Waals surface area contributed by atoms with E-state index in [1.54, 1.807) is 41.5 Å². The molecule has 0 fully saturated rings. The molecule has 1 rings (SSSR count). The van der Waals surface area contributed by atoms with Crippen LogP contribution in [0.2, 0.25) is 0 Å². The van der Waals surface area contributed by atoms with Crippen LogP contribution in [0.1, 0.15) is 41.5 Å². The van der Waals surface area contributed by atoms with Crippen LogP contribution in [0, 0.1) is 4.78 Å². The van der Waals surface area contributed by atoms with Gasteiger partial charge in [0.15, 0.2) is 5.82 Å². The Labute approximate surface area is 160 Å². The normalized spacial score (nSPS) is 14.1. The van der Waals surface area contributed by atoms with Gasteiger partial charge in [0.1, 0.15) is 17.0 Å². The van der Waals surface area contributed by atoms with E-state index in [0.29, 0.717) is 4.90 Å². The number of methoxy groups -OCH3 is 1. The van der Waals surface area contributed by atoms with Crippen LogP contribution < -0.4 is 9.64 Å². The van der Waals surface area contributed by atoms with E-state index in [4.69, 9.17) is 19.0 Å². The summed E-state index contributed by atoms with van der Waals surface area (Å²) in [5.41, 5.74) is -1.81. The van der Waals surface area contributed by atoms with Gasteiger partial charge in [-0.25, -0.2) is 23.6 Å². The molecule has 1 heterocycles. The summed E-state index contributed by atoms with van der Waals surface area (Å²) in [6.45, 7) is 9.80. The maximum absolute atomic E-state index is 12.7. The number of anilines is 1. The summed E-state index contributed by atoms with van der Waals surface area (Å²) < 4.78 is 36.0. The number of rotatable bonds is 3. The summed E-state index contributed by atoms with van der Waals surface area (Å²) >= 11 is 0. The van der Waals surface area contributed by atoms with Crippen molar-refractivity contribution < 1.29 is 28.0 Å². The zero-order valence-electron chi connectivity index (χ0n) is 16.9. The van der Waals surface area contributed by atoms with Crippen molar-refractivity contribution in [2.24, 2.45) is 0 Å². The van der Waals surface area contributed by atoms with Gasteiger partial charge in [0.05, 0.1) is 27.9 Å². The van der Waals surface area contributed by atoms with Crippen LogP contribution in [-0.4, -0.2) is 45.9 Å². The summed E-state index contributed by atoms with van der Waals surface area (Å²) in [4.78, 5) is 29.8. The molecule has 27 heavy (non-hydrogen) atoms. The molecular formula is C17H27N3O6S. The fourth-order valence-electron chi connectivity index (χ4n) is 1.85. The molecule has 9 nitrogen and oxygen atoms in total. The molecule has 0 saturated carbocycles. The molecule has 0 bridgehead atoms. The molecule has 0 aliphatic rings. The first-order valence-electron chi connectivity index (χ1n) is 8.09. The monoisotopic (exact) mass is 401 g/mol. The minimum Gasteiger partial charge on any atom is -0.495 e. The number of pyridine rings is 1. The highest BCUT2D eigenvalue weighted by Gasteiger charge is 2.36. The number of ether oxygens (including phenoxy) is 3. The summed E-state index contributed by atoms with van der Waals surface area (Å²) in [7, 11) is -1.99. The predicted octanol–water partition coefficient (Wildman–Crippen LogP) is 3.80. The van der Waals surface area contributed by atoms with Crippen LogP contribution in [0.3, 0.4) is 0 Å². The first-order valence-corrected chi connectivity index (χ1v) is 10.1. The number of hydrogen-bond acceptors (Lipinski definition) is 8.